The number of carbonyl (C=O) groups is 6. The number of carbonyl (C=O) groups excluding carboxylic acids is 5. The quantitative estimate of drug-likeness (QED) is 0.242. The molecule has 0 aromatic heterocycles. The average molecular weight is 509 g/mol. The molecule has 2 aliphatic rings. The van der Waals surface area contributed by atoms with E-state index < -0.39 is 57.1 Å². The van der Waals surface area contributed by atoms with Crippen LogP contribution < -0.4 is 10.6 Å². The summed E-state index contributed by atoms with van der Waals surface area (Å²) in [6.45, 7) is -0.245. The predicted octanol–water partition coefficient (Wildman–Crippen LogP) is -1.14. The molecule has 5 amide bonds. The van der Waals surface area contributed by atoms with E-state index in [1.807, 2.05) is 0 Å². The fourth-order valence-electron chi connectivity index (χ4n) is 3.70. The van der Waals surface area contributed by atoms with E-state index in [9.17, 15) is 37.2 Å². The minimum atomic E-state index is -4.07. The van der Waals surface area contributed by atoms with Gasteiger partial charge in [-0.3, -0.25) is 39.0 Å². The second-order valence-corrected chi connectivity index (χ2v) is 9.88. The molecule has 1 saturated heterocycles. The van der Waals surface area contributed by atoms with Crippen LogP contribution in [0.2, 0.25) is 0 Å². The monoisotopic (exact) mass is 509 g/mol. The number of benzene rings is 1. The Balaban J connectivity index is 1.62. The third-order valence-corrected chi connectivity index (χ3v) is 7.11. The predicted molar refractivity (Wildman–Crippen MR) is 116 cm³/mol. The zero-order valence-electron chi connectivity index (χ0n) is 18.4. The van der Waals surface area contributed by atoms with E-state index in [2.05, 4.69) is 10.6 Å². The normalized spacial score (nSPS) is 17.8. The summed E-state index contributed by atoms with van der Waals surface area (Å²) in [5.74, 6) is -5.16. The number of piperidine rings is 1. The topological polar surface area (TPSA) is 193 Å². The lowest BCUT2D eigenvalue weighted by atomic mass is 10.0. The standard InChI is InChI=1S/C21H23N3O10S/c25-15(6-7-17(27)28)22-8-9-34-10-11-35(32,33)14-3-1-2-12-18(14)21(31)24(20(12)30)13-4-5-16(26)23-19(13)29/h1-3,13H,4-11H2,(H,22,25)(H,27,28)(H,23,26,29). The maximum Gasteiger partial charge on any atom is 0.303 e. The van der Waals surface area contributed by atoms with Gasteiger partial charge in [0.2, 0.25) is 17.7 Å². The first kappa shape index (κ1) is 26.0. The Hall–Kier alpha value is -3.65. The molecule has 13 nitrogen and oxygen atoms in total. The van der Waals surface area contributed by atoms with Gasteiger partial charge in [0.15, 0.2) is 9.84 Å². The van der Waals surface area contributed by atoms with Crippen molar-refractivity contribution < 1.29 is 47.0 Å². The number of fused-ring (bicyclic) bond motifs is 1. The van der Waals surface area contributed by atoms with Crippen LogP contribution in [-0.4, -0.2) is 85.5 Å². The molecule has 1 aromatic rings. The van der Waals surface area contributed by atoms with Crippen molar-refractivity contribution in [2.24, 2.45) is 0 Å². The Kier molecular flexibility index (Phi) is 7.96. The number of carboxylic acid groups (broad SMARTS) is 1. The second kappa shape index (κ2) is 10.7. The lowest BCUT2D eigenvalue weighted by Crippen LogP contribution is -2.54. The molecular formula is C21H23N3O10S. The van der Waals surface area contributed by atoms with E-state index in [4.69, 9.17) is 9.84 Å². The van der Waals surface area contributed by atoms with Gasteiger partial charge in [-0.05, 0) is 18.6 Å². The summed E-state index contributed by atoms with van der Waals surface area (Å²) in [5, 5.41) is 13.0. The van der Waals surface area contributed by atoms with Crippen molar-refractivity contribution in [3.8, 4) is 0 Å². The van der Waals surface area contributed by atoms with Crippen LogP contribution in [-0.2, 0) is 33.8 Å². The minimum absolute atomic E-state index is 0.0259. The van der Waals surface area contributed by atoms with Crippen LogP contribution in [0, 0.1) is 0 Å². The van der Waals surface area contributed by atoms with E-state index in [0.717, 1.165) is 0 Å². The van der Waals surface area contributed by atoms with Gasteiger partial charge in [0, 0.05) is 19.4 Å². The maximum atomic E-state index is 13.0. The molecule has 1 atom stereocenters. The number of rotatable bonds is 11. The molecule has 0 saturated carbocycles. The van der Waals surface area contributed by atoms with Crippen LogP contribution >= 0.6 is 0 Å². The highest BCUT2D eigenvalue weighted by atomic mass is 32.2. The molecule has 0 aliphatic carbocycles. The number of hydrogen-bond donors (Lipinski definition) is 3. The molecule has 1 unspecified atom stereocenters. The molecule has 0 bridgehead atoms. The van der Waals surface area contributed by atoms with Crippen molar-refractivity contribution in [3.05, 3.63) is 29.3 Å². The molecule has 3 N–H and O–H groups in total. The number of carboxylic acids is 1. The van der Waals surface area contributed by atoms with E-state index in [1.54, 1.807) is 0 Å². The van der Waals surface area contributed by atoms with Crippen molar-refractivity contribution in [1.82, 2.24) is 15.5 Å². The number of hydrogen-bond acceptors (Lipinski definition) is 9. The zero-order valence-corrected chi connectivity index (χ0v) is 19.3. The molecule has 1 fully saturated rings. The van der Waals surface area contributed by atoms with Gasteiger partial charge in [0.25, 0.3) is 11.8 Å². The Labute approximate surface area is 199 Å². The van der Waals surface area contributed by atoms with Crippen molar-refractivity contribution in [3.63, 3.8) is 0 Å². The molecule has 1 aromatic carbocycles. The fourth-order valence-corrected chi connectivity index (χ4v) is 5.05. The van der Waals surface area contributed by atoms with Crippen LogP contribution in [0.25, 0.3) is 0 Å². The summed E-state index contributed by atoms with van der Waals surface area (Å²) >= 11 is 0. The smallest absolute Gasteiger partial charge is 0.303 e. The first-order chi connectivity index (χ1) is 16.5. The number of amides is 5. The van der Waals surface area contributed by atoms with Gasteiger partial charge in [-0.2, -0.15) is 0 Å². The number of ether oxygens (including phenoxy) is 1. The van der Waals surface area contributed by atoms with E-state index in [-0.39, 0.29) is 61.5 Å². The van der Waals surface area contributed by atoms with E-state index in [1.165, 1.54) is 18.2 Å². The Morgan fingerprint density at radius 1 is 1.11 bits per heavy atom. The van der Waals surface area contributed by atoms with Gasteiger partial charge in [-0.1, -0.05) is 6.07 Å². The minimum Gasteiger partial charge on any atom is -0.481 e. The molecule has 35 heavy (non-hydrogen) atoms. The summed E-state index contributed by atoms with van der Waals surface area (Å²) < 4.78 is 31.0. The third-order valence-electron chi connectivity index (χ3n) is 5.40. The Bertz CT molecular complexity index is 1190. The number of nitrogens with zero attached hydrogens (tertiary/aromatic N) is 1. The molecule has 2 heterocycles. The van der Waals surface area contributed by atoms with Crippen LogP contribution in [0.4, 0.5) is 0 Å². The van der Waals surface area contributed by atoms with Crippen LogP contribution in [0.3, 0.4) is 0 Å². The molecule has 14 heteroatoms. The van der Waals surface area contributed by atoms with Gasteiger partial charge in [0.05, 0.1) is 41.4 Å². The summed E-state index contributed by atoms with van der Waals surface area (Å²) in [6, 6.07) is 2.59. The van der Waals surface area contributed by atoms with Gasteiger partial charge in [-0.15, -0.1) is 0 Å². The molecule has 0 radical (unpaired) electrons. The Morgan fingerprint density at radius 3 is 2.54 bits per heavy atom. The number of sulfone groups is 1. The SMILES string of the molecule is O=C(O)CCC(=O)NCCOCCS(=O)(=O)c1cccc2c1C(=O)N(C1CCC(=O)NC1=O)C2=O. The first-order valence-electron chi connectivity index (χ1n) is 10.7. The fraction of sp³-hybridized carbons (Fsp3) is 0.429. The zero-order chi connectivity index (χ0) is 25.8. The summed E-state index contributed by atoms with van der Waals surface area (Å²) in [4.78, 5) is 71.7. The lowest BCUT2D eigenvalue weighted by Gasteiger charge is -2.27. The Morgan fingerprint density at radius 2 is 1.86 bits per heavy atom. The summed E-state index contributed by atoms with van der Waals surface area (Å²) in [5.41, 5.74) is -0.473. The van der Waals surface area contributed by atoms with Crippen molar-refractivity contribution in [2.45, 2.75) is 36.6 Å². The molecule has 3 rings (SSSR count). The second-order valence-electron chi connectivity index (χ2n) is 7.80. The van der Waals surface area contributed by atoms with Gasteiger partial charge in [-0.25, -0.2) is 8.42 Å². The van der Waals surface area contributed by atoms with E-state index >= 15 is 0 Å². The third kappa shape index (κ3) is 5.89. The molecule has 0 spiro atoms. The van der Waals surface area contributed by atoms with Crippen molar-refractivity contribution in [1.29, 1.82) is 0 Å². The summed E-state index contributed by atoms with van der Waals surface area (Å²) in [7, 11) is -4.07. The largest absolute Gasteiger partial charge is 0.481 e. The van der Waals surface area contributed by atoms with E-state index in [0.29, 0.717) is 4.90 Å². The van der Waals surface area contributed by atoms with Gasteiger partial charge in [0.1, 0.15) is 6.04 Å². The number of aliphatic carboxylic acids is 1. The number of imide groups is 2. The first-order valence-corrected chi connectivity index (χ1v) is 12.3. The van der Waals surface area contributed by atoms with Crippen molar-refractivity contribution in [2.75, 3.05) is 25.5 Å². The lowest BCUT2D eigenvalue weighted by molar-refractivity contribution is -0.139. The van der Waals surface area contributed by atoms with Gasteiger partial charge < -0.3 is 15.2 Å². The van der Waals surface area contributed by atoms with Crippen LogP contribution in [0.15, 0.2) is 23.1 Å². The van der Waals surface area contributed by atoms with Gasteiger partial charge >= 0.3 is 5.97 Å². The van der Waals surface area contributed by atoms with Crippen LogP contribution in [0.5, 0.6) is 0 Å². The molecular weight excluding hydrogens is 486 g/mol. The highest BCUT2D eigenvalue weighted by Crippen LogP contribution is 2.32. The van der Waals surface area contributed by atoms with Crippen molar-refractivity contribution >= 4 is 45.3 Å². The highest BCUT2D eigenvalue weighted by molar-refractivity contribution is 7.91. The highest BCUT2D eigenvalue weighted by Gasteiger charge is 2.46. The maximum absolute atomic E-state index is 13.0. The molecule has 188 valence electrons. The average Bonchev–Trinajstić information content (AvgIpc) is 3.05. The summed E-state index contributed by atoms with van der Waals surface area (Å²) in [6.07, 6.45) is -0.620. The number of nitrogens with one attached hydrogen (secondary N) is 2. The molecule has 2 aliphatic heterocycles. The van der Waals surface area contributed by atoms with Crippen LogP contribution in [0.1, 0.15) is 46.4 Å².